The number of hydrogen-bond acceptors (Lipinski definition) is 3. The third-order valence-corrected chi connectivity index (χ3v) is 1.92. The maximum Gasteiger partial charge on any atom is 0.0722 e. The van der Waals surface area contributed by atoms with E-state index in [0.29, 0.717) is 0 Å². The Morgan fingerprint density at radius 2 is 2.17 bits per heavy atom. The number of ether oxygens (including phenoxy) is 1. The molecular formula is C9H19NO2. The Hall–Kier alpha value is -0.120. The number of nitrogens with one attached hydrogen (secondary N) is 1. The van der Waals surface area contributed by atoms with Crippen LogP contribution in [0.25, 0.3) is 0 Å². The van der Waals surface area contributed by atoms with Gasteiger partial charge in [0.1, 0.15) is 0 Å². The fraction of sp³-hybridized carbons (Fsp3) is 1.00. The Morgan fingerprint density at radius 3 is 2.58 bits per heavy atom. The highest BCUT2D eigenvalue weighted by atomic mass is 16.5. The Balaban J connectivity index is 2.28. The molecular weight excluding hydrogens is 154 g/mol. The molecule has 0 aromatic rings. The lowest BCUT2D eigenvalue weighted by atomic mass is 10.1. The zero-order valence-corrected chi connectivity index (χ0v) is 8.13. The van der Waals surface area contributed by atoms with E-state index in [-0.39, 0.29) is 24.4 Å². The summed E-state index contributed by atoms with van der Waals surface area (Å²) in [5.74, 6) is 0. The third kappa shape index (κ3) is 3.09. The van der Waals surface area contributed by atoms with Gasteiger partial charge in [-0.3, -0.25) is 0 Å². The van der Waals surface area contributed by atoms with Crippen LogP contribution in [0.2, 0.25) is 0 Å². The van der Waals surface area contributed by atoms with Crippen LogP contribution in [0.3, 0.4) is 0 Å². The monoisotopic (exact) mass is 173 g/mol. The first kappa shape index (κ1) is 9.96. The molecule has 0 bridgehead atoms. The number of rotatable bonds is 2. The summed E-state index contributed by atoms with van der Waals surface area (Å²) in [5, 5.41) is 12.1. The van der Waals surface area contributed by atoms with Crippen LogP contribution in [0.4, 0.5) is 0 Å². The highest BCUT2D eigenvalue weighted by molar-refractivity contribution is 4.83. The van der Waals surface area contributed by atoms with Crippen molar-refractivity contribution < 1.29 is 9.84 Å². The van der Waals surface area contributed by atoms with Gasteiger partial charge >= 0.3 is 0 Å². The minimum atomic E-state index is -0.0727. The van der Waals surface area contributed by atoms with E-state index in [0.717, 1.165) is 13.0 Å². The van der Waals surface area contributed by atoms with Crippen LogP contribution in [0.5, 0.6) is 0 Å². The van der Waals surface area contributed by atoms with Crippen molar-refractivity contribution in [1.29, 1.82) is 0 Å². The Kier molecular flexibility index (Phi) is 3.09. The van der Waals surface area contributed by atoms with E-state index >= 15 is 0 Å². The Morgan fingerprint density at radius 1 is 1.50 bits per heavy atom. The van der Waals surface area contributed by atoms with Crippen molar-refractivity contribution in [3.05, 3.63) is 0 Å². The second-order valence-corrected chi connectivity index (χ2v) is 4.38. The lowest BCUT2D eigenvalue weighted by Gasteiger charge is -2.24. The SMILES string of the molecule is CC(C)(C)O[C@H]1CN[C@H](CO)C1. The maximum absolute atomic E-state index is 8.86. The number of aliphatic hydroxyl groups is 1. The van der Waals surface area contributed by atoms with Crippen molar-refractivity contribution in [2.45, 2.75) is 44.9 Å². The molecule has 2 atom stereocenters. The third-order valence-electron chi connectivity index (χ3n) is 1.92. The summed E-state index contributed by atoms with van der Waals surface area (Å²) < 4.78 is 5.76. The molecule has 72 valence electrons. The van der Waals surface area contributed by atoms with Gasteiger partial charge in [0.25, 0.3) is 0 Å². The largest absolute Gasteiger partial charge is 0.395 e. The van der Waals surface area contributed by atoms with E-state index in [1.165, 1.54) is 0 Å². The Labute approximate surface area is 74.1 Å². The van der Waals surface area contributed by atoms with E-state index in [1.54, 1.807) is 0 Å². The summed E-state index contributed by atoms with van der Waals surface area (Å²) in [6, 6.07) is 0.234. The molecule has 0 amide bonds. The summed E-state index contributed by atoms with van der Waals surface area (Å²) in [5.41, 5.74) is -0.0727. The van der Waals surface area contributed by atoms with Crippen molar-refractivity contribution in [1.82, 2.24) is 5.32 Å². The molecule has 1 aliphatic heterocycles. The van der Waals surface area contributed by atoms with E-state index in [9.17, 15) is 0 Å². The Bertz CT molecular complexity index is 142. The normalized spacial score (nSPS) is 31.0. The van der Waals surface area contributed by atoms with Crippen LogP contribution in [-0.2, 0) is 4.74 Å². The second-order valence-electron chi connectivity index (χ2n) is 4.38. The summed E-state index contributed by atoms with van der Waals surface area (Å²) in [6.45, 7) is 7.24. The molecule has 3 nitrogen and oxygen atoms in total. The van der Waals surface area contributed by atoms with Gasteiger partial charge in [0.05, 0.1) is 18.3 Å². The van der Waals surface area contributed by atoms with E-state index in [1.807, 2.05) is 0 Å². The van der Waals surface area contributed by atoms with Crippen LogP contribution >= 0.6 is 0 Å². The van der Waals surface area contributed by atoms with Crippen LogP contribution in [0.1, 0.15) is 27.2 Å². The first-order valence-corrected chi connectivity index (χ1v) is 4.53. The van der Waals surface area contributed by atoms with Crippen LogP contribution < -0.4 is 5.32 Å². The molecule has 1 heterocycles. The molecule has 0 unspecified atom stereocenters. The van der Waals surface area contributed by atoms with Gasteiger partial charge in [-0.25, -0.2) is 0 Å². The van der Waals surface area contributed by atoms with Crippen LogP contribution in [-0.4, -0.2) is 36.0 Å². The van der Waals surface area contributed by atoms with E-state index in [2.05, 4.69) is 26.1 Å². The standard InChI is InChI=1S/C9H19NO2/c1-9(2,3)12-8-4-7(6-11)10-5-8/h7-8,10-11H,4-6H2,1-3H3/t7-,8+/m0/s1. The van der Waals surface area contributed by atoms with Crippen LogP contribution in [0, 0.1) is 0 Å². The molecule has 0 spiro atoms. The van der Waals surface area contributed by atoms with Crippen molar-refractivity contribution in [3.63, 3.8) is 0 Å². The first-order chi connectivity index (χ1) is 5.51. The molecule has 1 saturated heterocycles. The zero-order chi connectivity index (χ0) is 9.19. The topological polar surface area (TPSA) is 41.5 Å². The quantitative estimate of drug-likeness (QED) is 0.640. The van der Waals surface area contributed by atoms with Crippen LogP contribution in [0.15, 0.2) is 0 Å². The highest BCUT2D eigenvalue weighted by Gasteiger charge is 2.27. The van der Waals surface area contributed by atoms with Crippen molar-refractivity contribution in [3.8, 4) is 0 Å². The molecule has 1 aliphatic rings. The molecule has 12 heavy (non-hydrogen) atoms. The summed E-state index contributed by atoms with van der Waals surface area (Å²) >= 11 is 0. The molecule has 2 N–H and O–H groups in total. The van der Waals surface area contributed by atoms with Gasteiger partial charge in [-0.2, -0.15) is 0 Å². The van der Waals surface area contributed by atoms with Crippen molar-refractivity contribution in [2.75, 3.05) is 13.2 Å². The van der Waals surface area contributed by atoms with Gasteiger partial charge < -0.3 is 15.2 Å². The van der Waals surface area contributed by atoms with Gasteiger partial charge in [0.15, 0.2) is 0 Å². The minimum Gasteiger partial charge on any atom is -0.395 e. The van der Waals surface area contributed by atoms with Gasteiger partial charge in [0, 0.05) is 12.6 Å². The molecule has 0 saturated carbocycles. The fourth-order valence-electron chi connectivity index (χ4n) is 1.51. The van der Waals surface area contributed by atoms with Gasteiger partial charge in [-0.15, -0.1) is 0 Å². The zero-order valence-electron chi connectivity index (χ0n) is 8.13. The van der Waals surface area contributed by atoms with Gasteiger partial charge in [0.2, 0.25) is 0 Å². The van der Waals surface area contributed by atoms with Crippen molar-refractivity contribution in [2.24, 2.45) is 0 Å². The van der Waals surface area contributed by atoms with Gasteiger partial charge in [-0.1, -0.05) is 0 Å². The lowest BCUT2D eigenvalue weighted by Crippen LogP contribution is -2.28. The predicted molar refractivity (Wildman–Crippen MR) is 48.1 cm³/mol. The molecule has 3 heteroatoms. The molecule has 1 rings (SSSR count). The predicted octanol–water partition coefficient (Wildman–Crippen LogP) is 0.524. The molecule has 0 aromatic heterocycles. The lowest BCUT2D eigenvalue weighted by molar-refractivity contribution is -0.0514. The van der Waals surface area contributed by atoms with Gasteiger partial charge in [-0.05, 0) is 27.2 Å². The fourth-order valence-corrected chi connectivity index (χ4v) is 1.51. The average Bonchev–Trinajstić information content (AvgIpc) is 2.32. The van der Waals surface area contributed by atoms with Crippen molar-refractivity contribution >= 4 is 0 Å². The first-order valence-electron chi connectivity index (χ1n) is 4.53. The second kappa shape index (κ2) is 3.73. The average molecular weight is 173 g/mol. The maximum atomic E-state index is 8.86. The summed E-state index contributed by atoms with van der Waals surface area (Å²) in [4.78, 5) is 0. The molecule has 1 fully saturated rings. The molecule has 0 aliphatic carbocycles. The smallest absolute Gasteiger partial charge is 0.0722 e. The molecule has 0 aromatic carbocycles. The minimum absolute atomic E-state index is 0.0727. The number of aliphatic hydroxyl groups excluding tert-OH is 1. The number of hydrogen-bond donors (Lipinski definition) is 2. The highest BCUT2D eigenvalue weighted by Crippen LogP contribution is 2.17. The molecule has 0 radical (unpaired) electrons. The van der Waals surface area contributed by atoms with E-state index in [4.69, 9.17) is 9.84 Å². The summed E-state index contributed by atoms with van der Waals surface area (Å²) in [7, 11) is 0. The van der Waals surface area contributed by atoms with E-state index < -0.39 is 0 Å². The summed E-state index contributed by atoms with van der Waals surface area (Å²) in [6.07, 6.45) is 1.19.